The van der Waals surface area contributed by atoms with Gasteiger partial charge in [0, 0.05) is 26.3 Å². The van der Waals surface area contributed by atoms with E-state index in [-0.39, 0.29) is 12.1 Å². The molecule has 0 aromatic heterocycles. The summed E-state index contributed by atoms with van der Waals surface area (Å²) in [6.45, 7) is 1.30. The van der Waals surface area contributed by atoms with Crippen molar-refractivity contribution in [2.75, 3.05) is 20.2 Å². The Morgan fingerprint density at radius 1 is 1.22 bits per heavy atom. The molecule has 7 heteroatoms. The Hall–Kier alpha value is -2.44. The lowest BCUT2D eigenvalue weighted by Crippen LogP contribution is -2.32. The largest absolute Gasteiger partial charge is 0.496 e. The third kappa shape index (κ3) is 6.08. The summed E-state index contributed by atoms with van der Waals surface area (Å²) in [6.07, 6.45) is 17.1. The summed E-state index contributed by atoms with van der Waals surface area (Å²) in [5.41, 5.74) is 0. The van der Waals surface area contributed by atoms with Gasteiger partial charge in [-0.15, -0.1) is 0 Å². The van der Waals surface area contributed by atoms with Crippen LogP contribution in [0, 0.1) is 5.92 Å². The van der Waals surface area contributed by atoms with Gasteiger partial charge in [-0.2, -0.15) is 0 Å². The maximum atomic E-state index is 11.7. The molecule has 0 aromatic rings. The summed E-state index contributed by atoms with van der Waals surface area (Å²) in [5.74, 6) is 1.31. The third-order valence-electron chi connectivity index (χ3n) is 6.76. The first-order valence-electron chi connectivity index (χ1n) is 12.1. The van der Waals surface area contributed by atoms with Crippen molar-refractivity contribution < 1.29 is 24.1 Å². The summed E-state index contributed by atoms with van der Waals surface area (Å²) in [4.78, 5) is 18.4. The van der Waals surface area contributed by atoms with E-state index >= 15 is 0 Å². The molecule has 0 amide bonds. The van der Waals surface area contributed by atoms with Crippen molar-refractivity contribution in [1.82, 2.24) is 4.90 Å². The highest BCUT2D eigenvalue weighted by Crippen LogP contribution is 2.30. The maximum absolute atomic E-state index is 11.7. The monoisotopic (exact) mass is 444 g/mol. The molecule has 4 unspecified atom stereocenters. The van der Waals surface area contributed by atoms with Crippen molar-refractivity contribution in [1.29, 1.82) is 0 Å². The molecule has 0 aromatic carbocycles. The molecule has 4 rings (SSSR count). The number of nitrogens with zero attached hydrogens (tertiary/aromatic N) is 2. The molecule has 0 bridgehead atoms. The molecule has 0 saturated carbocycles. The molecule has 0 fully saturated rings. The minimum Gasteiger partial charge on any atom is -0.496 e. The number of carboxylic acid groups (broad SMARTS) is 1. The van der Waals surface area contributed by atoms with Crippen LogP contribution in [-0.4, -0.2) is 60.4 Å². The van der Waals surface area contributed by atoms with Crippen molar-refractivity contribution in [2.24, 2.45) is 10.9 Å². The molecular formula is C25H36N2O5. The van der Waals surface area contributed by atoms with Crippen LogP contribution in [0.1, 0.15) is 64.2 Å². The van der Waals surface area contributed by atoms with Crippen LogP contribution >= 0.6 is 0 Å². The molecule has 32 heavy (non-hydrogen) atoms. The number of aliphatic carboxylic acids is 1. The number of rotatable bonds is 9. The Kier molecular flexibility index (Phi) is 7.76. The fraction of sp³-hybridized carbons (Fsp3) is 0.680. The smallest absolute Gasteiger partial charge is 0.344 e. The summed E-state index contributed by atoms with van der Waals surface area (Å²) in [7, 11) is 1.99. The van der Waals surface area contributed by atoms with Crippen LogP contribution in [0.25, 0.3) is 0 Å². The van der Waals surface area contributed by atoms with Crippen LogP contribution in [0.2, 0.25) is 0 Å². The van der Waals surface area contributed by atoms with Crippen molar-refractivity contribution >= 4 is 12.0 Å². The van der Waals surface area contributed by atoms with E-state index in [1.165, 1.54) is 0 Å². The highest BCUT2D eigenvalue weighted by molar-refractivity contribution is 5.75. The summed E-state index contributed by atoms with van der Waals surface area (Å²) in [6, 6.07) is 0.974. The van der Waals surface area contributed by atoms with Crippen LogP contribution in [0.15, 0.2) is 40.8 Å². The Labute approximate surface area is 190 Å². The Bertz CT molecular complexity index is 787. The number of aliphatic imine (C=N–C) groups is 1. The SMILES string of the molecule is CN(CCOC1=CCC(CC(OC2=CCCCC2)C(=O)O)CC1)C1=NC2CC=CCC2O1. The van der Waals surface area contributed by atoms with E-state index in [9.17, 15) is 9.90 Å². The lowest BCUT2D eigenvalue weighted by Gasteiger charge is -2.27. The first-order valence-corrected chi connectivity index (χ1v) is 12.1. The first kappa shape index (κ1) is 22.7. The fourth-order valence-electron chi connectivity index (χ4n) is 4.75. The average molecular weight is 445 g/mol. The second-order valence-electron chi connectivity index (χ2n) is 9.26. The number of carbonyl (C=O) groups is 1. The lowest BCUT2D eigenvalue weighted by atomic mass is 9.88. The zero-order chi connectivity index (χ0) is 22.3. The molecule has 4 aliphatic rings. The van der Waals surface area contributed by atoms with Crippen molar-refractivity contribution in [3.63, 3.8) is 0 Å². The number of carboxylic acids is 1. The van der Waals surface area contributed by atoms with E-state index in [2.05, 4.69) is 24.3 Å². The van der Waals surface area contributed by atoms with Gasteiger partial charge in [0.25, 0.3) is 6.02 Å². The minimum atomic E-state index is -0.863. The van der Waals surface area contributed by atoms with Gasteiger partial charge in [0.05, 0.1) is 24.1 Å². The lowest BCUT2D eigenvalue weighted by molar-refractivity contribution is -0.149. The third-order valence-corrected chi connectivity index (χ3v) is 6.76. The highest BCUT2D eigenvalue weighted by Gasteiger charge is 2.32. The number of likely N-dealkylation sites (N-methyl/N-ethyl adjacent to an activating group) is 1. The van der Waals surface area contributed by atoms with E-state index in [1.54, 1.807) is 0 Å². The number of fused-ring (bicyclic) bond motifs is 1. The quantitative estimate of drug-likeness (QED) is 0.531. The molecule has 1 N–H and O–H groups in total. The van der Waals surface area contributed by atoms with E-state index < -0.39 is 12.1 Å². The molecule has 1 aliphatic heterocycles. The first-order chi connectivity index (χ1) is 15.6. The number of amidine groups is 1. The maximum Gasteiger partial charge on any atom is 0.344 e. The van der Waals surface area contributed by atoms with Gasteiger partial charge < -0.3 is 24.2 Å². The average Bonchev–Trinajstić information content (AvgIpc) is 3.25. The zero-order valence-corrected chi connectivity index (χ0v) is 19.1. The Morgan fingerprint density at radius 3 is 2.81 bits per heavy atom. The predicted molar refractivity (Wildman–Crippen MR) is 122 cm³/mol. The standard InChI is InChI=1S/C25H36N2O5/c1-27(25-26-21-9-5-6-10-22(21)32-25)15-16-30-19-13-11-18(12-14-19)17-23(24(28)29)31-20-7-3-2-4-8-20/h5-7,13,18,21-23H,2-4,8-12,14-17H2,1H3,(H,28,29). The van der Waals surface area contributed by atoms with Gasteiger partial charge in [0.1, 0.15) is 12.7 Å². The number of ether oxygens (including phenoxy) is 3. The van der Waals surface area contributed by atoms with Gasteiger partial charge in [-0.25, -0.2) is 9.79 Å². The van der Waals surface area contributed by atoms with Gasteiger partial charge in [0.15, 0.2) is 6.10 Å². The molecule has 0 saturated heterocycles. The van der Waals surface area contributed by atoms with Crippen molar-refractivity contribution in [3.05, 3.63) is 35.8 Å². The van der Waals surface area contributed by atoms with E-state index in [4.69, 9.17) is 19.2 Å². The number of hydrogen-bond donors (Lipinski definition) is 1. The molecule has 1 heterocycles. The molecular weight excluding hydrogens is 408 g/mol. The van der Waals surface area contributed by atoms with Crippen LogP contribution < -0.4 is 0 Å². The van der Waals surface area contributed by atoms with Gasteiger partial charge in [0.2, 0.25) is 0 Å². The number of allylic oxidation sites excluding steroid dienone is 4. The summed E-state index contributed by atoms with van der Waals surface area (Å²) < 4.78 is 17.8. The molecule has 7 nitrogen and oxygen atoms in total. The predicted octanol–water partition coefficient (Wildman–Crippen LogP) is 4.41. The van der Waals surface area contributed by atoms with Crippen LogP contribution in [0.3, 0.4) is 0 Å². The second kappa shape index (κ2) is 10.9. The fourth-order valence-corrected chi connectivity index (χ4v) is 4.75. The van der Waals surface area contributed by atoms with Crippen molar-refractivity contribution in [3.8, 4) is 0 Å². The highest BCUT2D eigenvalue weighted by atomic mass is 16.5. The summed E-state index contributed by atoms with van der Waals surface area (Å²) in [5, 5.41) is 9.59. The summed E-state index contributed by atoms with van der Waals surface area (Å²) >= 11 is 0. The van der Waals surface area contributed by atoms with E-state index in [0.717, 1.165) is 81.9 Å². The van der Waals surface area contributed by atoms with Gasteiger partial charge >= 0.3 is 5.97 Å². The van der Waals surface area contributed by atoms with Gasteiger partial charge in [-0.05, 0) is 63.0 Å². The van der Waals surface area contributed by atoms with Gasteiger partial charge in [-0.1, -0.05) is 12.2 Å². The van der Waals surface area contributed by atoms with Crippen molar-refractivity contribution in [2.45, 2.75) is 82.5 Å². The molecule has 3 aliphatic carbocycles. The van der Waals surface area contributed by atoms with Gasteiger partial charge in [-0.3, -0.25) is 0 Å². The molecule has 0 spiro atoms. The molecule has 4 atom stereocenters. The zero-order valence-electron chi connectivity index (χ0n) is 19.1. The second-order valence-corrected chi connectivity index (χ2v) is 9.26. The normalized spacial score (nSPS) is 27.9. The van der Waals surface area contributed by atoms with Crippen LogP contribution in [0.5, 0.6) is 0 Å². The van der Waals surface area contributed by atoms with E-state index in [1.807, 2.05) is 11.9 Å². The number of hydrogen-bond acceptors (Lipinski definition) is 6. The Morgan fingerprint density at radius 2 is 2.09 bits per heavy atom. The minimum absolute atomic E-state index is 0.185. The Balaban J connectivity index is 1.17. The molecule has 176 valence electrons. The topological polar surface area (TPSA) is 80.6 Å². The van der Waals surface area contributed by atoms with E-state index in [0.29, 0.717) is 18.9 Å². The van der Waals surface area contributed by atoms with Crippen LogP contribution in [-0.2, 0) is 19.0 Å². The molecule has 0 radical (unpaired) electrons. The van der Waals surface area contributed by atoms with Crippen LogP contribution in [0.4, 0.5) is 0 Å².